The summed E-state index contributed by atoms with van der Waals surface area (Å²) >= 11 is 4.10. The number of ether oxygens (including phenoxy) is 2. The molecule has 0 aromatic heterocycles. The van der Waals surface area contributed by atoms with Gasteiger partial charge in [-0.3, -0.25) is 4.79 Å². The van der Waals surface area contributed by atoms with E-state index < -0.39 is 17.7 Å². The molecule has 1 aromatic carbocycles. The normalized spacial score (nSPS) is 10.2. The Balaban J connectivity index is 2.22. The molecule has 8 heteroatoms. The van der Waals surface area contributed by atoms with Gasteiger partial charge in [0.25, 0.3) is 5.78 Å². The molecular formula is C16H16O7S. The summed E-state index contributed by atoms with van der Waals surface area (Å²) in [5.41, 5.74) is 1.16. The van der Waals surface area contributed by atoms with Crippen molar-refractivity contribution < 1.29 is 33.6 Å². The average Bonchev–Trinajstić information content (AvgIpc) is 2.62. The maximum atomic E-state index is 11.8. The Hall–Kier alpha value is -2.58. The number of benzene rings is 1. The van der Waals surface area contributed by atoms with E-state index in [1.54, 1.807) is 12.1 Å². The highest BCUT2D eigenvalue weighted by Gasteiger charge is 2.17. The predicted octanol–water partition coefficient (Wildman–Crippen LogP) is 1.99. The molecule has 7 nitrogen and oxygen atoms in total. The zero-order valence-electron chi connectivity index (χ0n) is 12.7. The Morgan fingerprint density at radius 2 is 1.79 bits per heavy atom. The van der Waals surface area contributed by atoms with Crippen LogP contribution in [0.3, 0.4) is 0 Å². The molecule has 1 rings (SSSR count). The highest BCUT2D eigenvalue weighted by molar-refractivity contribution is 7.79. The number of Topliss-reactive ketones (excluding diaryl/α,β-unsaturated/α-hetero) is 1. The summed E-state index contributed by atoms with van der Waals surface area (Å²) in [5.74, 6) is -1.85. The molecule has 0 aliphatic carbocycles. The summed E-state index contributed by atoms with van der Waals surface area (Å²) in [7, 11) is 0. The lowest BCUT2D eigenvalue weighted by Crippen LogP contribution is -2.19. The fourth-order valence-electron chi connectivity index (χ4n) is 1.37. The minimum atomic E-state index is -0.993. The molecule has 128 valence electrons. The van der Waals surface area contributed by atoms with Crippen LogP contribution in [0.4, 0.5) is 0 Å². The fraction of sp³-hybridized carbons (Fsp3) is 0.188. The van der Waals surface area contributed by atoms with Crippen LogP contribution in [0, 0.1) is 0 Å². The van der Waals surface area contributed by atoms with E-state index in [0.717, 1.165) is 24.2 Å². The van der Waals surface area contributed by atoms with Crippen LogP contribution in [0.2, 0.25) is 0 Å². The smallest absolute Gasteiger partial charge is 0.379 e. The van der Waals surface area contributed by atoms with Gasteiger partial charge in [0.05, 0.1) is 0 Å². The van der Waals surface area contributed by atoms with Crippen molar-refractivity contribution in [2.75, 3.05) is 13.2 Å². The number of carbonyl (C=O) groups excluding carboxylic acids is 3. The average molecular weight is 352 g/mol. The largest absolute Gasteiger partial charge is 0.457 e. The van der Waals surface area contributed by atoms with Crippen molar-refractivity contribution in [3.05, 3.63) is 60.6 Å². The van der Waals surface area contributed by atoms with E-state index in [1.165, 1.54) is 12.1 Å². The van der Waals surface area contributed by atoms with Crippen LogP contribution in [0.5, 0.6) is 0 Å². The van der Waals surface area contributed by atoms with Crippen LogP contribution in [-0.4, -0.2) is 30.9 Å². The fourth-order valence-corrected chi connectivity index (χ4v) is 1.58. The minimum Gasteiger partial charge on any atom is -0.457 e. The number of esters is 2. The van der Waals surface area contributed by atoms with Crippen LogP contribution in [0.1, 0.15) is 15.9 Å². The Morgan fingerprint density at radius 1 is 1.08 bits per heavy atom. The second kappa shape index (κ2) is 11.0. The number of hydrogen-bond donors (Lipinski definition) is 1. The molecule has 0 spiro atoms. The lowest BCUT2D eigenvalue weighted by atomic mass is 10.1. The van der Waals surface area contributed by atoms with Crippen molar-refractivity contribution in [1.29, 1.82) is 0 Å². The molecule has 24 heavy (non-hydrogen) atoms. The van der Waals surface area contributed by atoms with Crippen molar-refractivity contribution in [1.82, 2.24) is 0 Å². The highest BCUT2D eigenvalue weighted by Crippen LogP contribution is 2.08. The number of hydrogen-bond acceptors (Lipinski definition) is 8. The Kier molecular flexibility index (Phi) is 8.95. The van der Waals surface area contributed by atoms with Gasteiger partial charge in [0, 0.05) is 17.4 Å². The molecule has 0 unspecified atom stereocenters. The summed E-state index contributed by atoms with van der Waals surface area (Å²) in [4.78, 5) is 43.2. The van der Waals surface area contributed by atoms with E-state index in [4.69, 9.17) is 4.74 Å². The molecule has 0 amide bonds. The maximum Gasteiger partial charge on any atom is 0.379 e. The van der Waals surface area contributed by atoms with Crippen molar-refractivity contribution in [2.24, 2.45) is 0 Å². The Morgan fingerprint density at radius 3 is 2.42 bits per heavy atom. The molecule has 0 saturated carbocycles. The summed E-state index contributed by atoms with van der Waals surface area (Å²) in [5, 5.41) is 0. The van der Waals surface area contributed by atoms with E-state index in [0.29, 0.717) is 5.75 Å². The van der Waals surface area contributed by atoms with Gasteiger partial charge in [0.15, 0.2) is 6.26 Å². The van der Waals surface area contributed by atoms with Crippen molar-refractivity contribution in [3.63, 3.8) is 0 Å². The van der Waals surface area contributed by atoms with Gasteiger partial charge in [-0.05, 0) is 5.56 Å². The summed E-state index contributed by atoms with van der Waals surface area (Å²) < 4.78 is 9.20. The Labute approximate surface area is 144 Å². The topological polar surface area (TPSA) is 88.1 Å². The molecule has 1 aromatic rings. The summed E-state index contributed by atoms with van der Waals surface area (Å²) in [6.07, 6.45) is 2.90. The summed E-state index contributed by atoms with van der Waals surface area (Å²) in [6.45, 7) is 2.91. The predicted molar refractivity (Wildman–Crippen MR) is 86.9 cm³/mol. The first kappa shape index (κ1) is 19.5. The molecule has 0 bridgehead atoms. The first-order valence-corrected chi connectivity index (χ1v) is 7.39. The lowest BCUT2D eigenvalue weighted by Gasteiger charge is -2.04. The quantitative estimate of drug-likeness (QED) is 0.0793. The van der Waals surface area contributed by atoms with Crippen LogP contribution in [0.15, 0.2) is 49.4 Å². The molecule has 0 fully saturated rings. The van der Waals surface area contributed by atoms with Gasteiger partial charge in [-0.1, -0.05) is 30.8 Å². The number of thiol groups is 1. The van der Waals surface area contributed by atoms with Gasteiger partial charge in [-0.15, -0.1) is 0 Å². The van der Waals surface area contributed by atoms with Crippen LogP contribution in [0.25, 0.3) is 0 Å². The molecule has 0 atom stereocenters. The third-order valence-corrected chi connectivity index (χ3v) is 2.88. The molecule has 0 aliphatic rings. The van der Waals surface area contributed by atoms with E-state index >= 15 is 0 Å². The summed E-state index contributed by atoms with van der Waals surface area (Å²) in [6, 6.07) is 6.47. The van der Waals surface area contributed by atoms with Gasteiger partial charge in [-0.2, -0.15) is 17.5 Å². The van der Waals surface area contributed by atoms with Gasteiger partial charge >= 0.3 is 11.9 Å². The highest BCUT2D eigenvalue weighted by atomic mass is 32.1. The molecule has 0 heterocycles. The first-order valence-electron chi connectivity index (χ1n) is 6.76. The van der Waals surface area contributed by atoms with Gasteiger partial charge in [-0.25, -0.2) is 9.59 Å². The molecule has 0 radical (unpaired) electrons. The number of ketones is 1. The maximum absolute atomic E-state index is 11.8. The molecule has 0 aliphatic heterocycles. The van der Waals surface area contributed by atoms with Crippen molar-refractivity contribution >= 4 is 30.4 Å². The van der Waals surface area contributed by atoms with E-state index in [2.05, 4.69) is 33.7 Å². The monoisotopic (exact) mass is 352 g/mol. The number of rotatable bonds is 10. The zero-order chi connectivity index (χ0) is 17.8. The van der Waals surface area contributed by atoms with Crippen LogP contribution in [-0.2, 0) is 34.6 Å². The van der Waals surface area contributed by atoms with Gasteiger partial charge < -0.3 is 14.4 Å². The van der Waals surface area contributed by atoms with E-state index in [-0.39, 0.29) is 18.8 Å². The first-order chi connectivity index (χ1) is 11.6. The van der Waals surface area contributed by atoms with E-state index in [1.807, 2.05) is 0 Å². The van der Waals surface area contributed by atoms with Gasteiger partial charge in [0.1, 0.15) is 19.5 Å². The SMILES string of the molecule is C=CC(=O)O/C=C\OOCCOC(=O)C(=O)c1ccc(CS)cc1. The van der Waals surface area contributed by atoms with Crippen LogP contribution >= 0.6 is 12.6 Å². The lowest BCUT2D eigenvalue weighted by molar-refractivity contribution is -0.255. The number of carbonyl (C=O) groups is 3. The molecular weight excluding hydrogens is 336 g/mol. The Bertz CT molecular complexity index is 607. The molecule has 0 saturated heterocycles. The van der Waals surface area contributed by atoms with Gasteiger partial charge in [0.2, 0.25) is 0 Å². The van der Waals surface area contributed by atoms with Crippen molar-refractivity contribution in [2.45, 2.75) is 5.75 Å². The van der Waals surface area contributed by atoms with Crippen molar-refractivity contribution in [3.8, 4) is 0 Å². The van der Waals surface area contributed by atoms with E-state index in [9.17, 15) is 14.4 Å². The third-order valence-electron chi connectivity index (χ3n) is 2.51. The molecule has 0 N–H and O–H groups in total. The second-order valence-corrected chi connectivity index (χ2v) is 4.47. The standard InChI is InChI=1S/C16H16O7S/c1-2-14(17)20-7-9-22-23-10-8-21-16(19)15(18)13-5-3-12(11-24)4-6-13/h2-7,9,24H,1,8,10-11H2/b9-7-. The third kappa shape index (κ3) is 7.12. The minimum absolute atomic E-state index is 0.114. The second-order valence-electron chi connectivity index (χ2n) is 4.15. The zero-order valence-corrected chi connectivity index (χ0v) is 13.6. The van der Waals surface area contributed by atoms with Crippen LogP contribution < -0.4 is 0 Å².